The summed E-state index contributed by atoms with van der Waals surface area (Å²) < 4.78 is 120. The summed E-state index contributed by atoms with van der Waals surface area (Å²) in [6, 6.07) is 9.85. The van der Waals surface area contributed by atoms with Crippen LogP contribution in [0.3, 0.4) is 0 Å². The van der Waals surface area contributed by atoms with Gasteiger partial charge in [0.1, 0.15) is 5.82 Å². The third kappa shape index (κ3) is 4.93. The first kappa shape index (κ1) is 41.0. The summed E-state index contributed by atoms with van der Waals surface area (Å²) in [7, 11) is 0. The lowest BCUT2D eigenvalue weighted by atomic mass is 9.79. The summed E-state index contributed by atoms with van der Waals surface area (Å²) in [5.41, 5.74) is -2.98. The van der Waals surface area contributed by atoms with E-state index in [1.165, 1.54) is 0 Å². The molecule has 0 radical (unpaired) electrons. The van der Waals surface area contributed by atoms with Gasteiger partial charge in [0.2, 0.25) is 0 Å². The number of anilines is 2. The van der Waals surface area contributed by atoms with Gasteiger partial charge in [-0.05, 0) is 58.4 Å². The van der Waals surface area contributed by atoms with Gasteiger partial charge in [0.15, 0.2) is 34.9 Å². The van der Waals surface area contributed by atoms with Crippen LogP contribution in [0.25, 0.3) is 43.1 Å². The molecule has 0 N–H and O–H groups in total. The summed E-state index contributed by atoms with van der Waals surface area (Å²) in [5.74, 6) is -20.2. The SMILES string of the molecule is Cc1c2c3c(c(F)c(F)c4c5c(F)c(F)c6c7c(c(F)c(F)c(c(c1F)c34)c75)C(=O)N(c1c(C(C)C)cccc1C(C)C)C6=O)C(=O)N(c1c(C(C)C)cccc1C(C)C)C2=O. The summed E-state index contributed by atoms with van der Waals surface area (Å²) >= 11 is 0. The Bertz CT molecular complexity index is 2870. The zero-order valence-corrected chi connectivity index (χ0v) is 34.9. The van der Waals surface area contributed by atoms with Gasteiger partial charge in [0, 0.05) is 43.1 Å². The quantitative estimate of drug-likeness (QED) is 0.0723. The summed E-state index contributed by atoms with van der Waals surface area (Å²) in [6.45, 7) is 15.2. The smallest absolute Gasteiger partial charge is 0.268 e. The third-order valence-electron chi connectivity index (χ3n) is 12.6. The van der Waals surface area contributed by atoms with Crippen molar-refractivity contribution in [2.75, 3.05) is 9.80 Å². The number of fused-ring (bicyclic) bond motifs is 2. The number of rotatable bonds is 6. The van der Waals surface area contributed by atoms with E-state index in [9.17, 15) is 19.2 Å². The summed E-state index contributed by atoms with van der Waals surface area (Å²) in [5, 5.41) is -8.17. The highest BCUT2D eigenvalue weighted by Crippen LogP contribution is 2.54. The maximum atomic E-state index is 17.4. The van der Waals surface area contributed by atoms with Crippen molar-refractivity contribution in [1.82, 2.24) is 0 Å². The molecule has 2 aliphatic heterocycles. The molecule has 0 saturated heterocycles. The van der Waals surface area contributed by atoms with Gasteiger partial charge in [-0.25, -0.2) is 40.5 Å². The lowest BCUT2D eigenvalue weighted by Gasteiger charge is -2.34. The minimum absolute atomic E-state index is 0.0505. The molecule has 9 rings (SSSR count). The highest BCUT2D eigenvalue weighted by atomic mass is 19.2. The molecule has 0 bridgehead atoms. The van der Waals surface area contributed by atoms with Crippen LogP contribution in [-0.2, 0) is 0 Å². The van der Waals surface area contributed by atoms with Crippen LogP contribution in [0.4, 0.5) is 42.1 Å². The number of halogens is 7. The molecule has 0 spiro atoms. The Morgan fingerprint density at radius 2 is 0.613 bits per heavy atom. The molecular weight excluding hydrogens is 814 g/mol. The molecule has 7 aromatic rings. The number of amides is 4. The molecule has 13 heteroatoms. The molecule has 7 aromatic carbocycles. The predicted octanol–water partition coefficient (Wildman–Crippen LogP) is 13.1. The van der Waals surface area contributed by atoms with Crippen molar-refractivity contribution in [2.45, 2.75) is 86.0 Å². The van der Waals surface area contributed by atoms with Gasteiger partial charge in [0.05, 0.1) is 33.6 Å². The lowest BCUT2D eigenvalue weighted by molar-refractivity contribution is 0.0872. The second-order valence-corrected chi connectivity index (χ2v) is 17.4. The average molecular weight is 851 g/mol. The second kappa shape index (κ2) is 13.6. The molecule has 0 unspecified atom stereocenters. The largest absolute Gasteiger partial charge is 0.269 e. The van der Waals surface area contributed by atoms with Crippen LogP contribution < -0.4 is 9.80 Å². The Morgan fingerprint density at radius 1 is 0.355 bits per heavy atom. The van der Waals surface area contributed by atoms with Gasteiger partial charge in [-0.1, -0.05) is 91.8 Å². The van der Waals surface area contributed by atoms with Crippen molar-refractivity contribution in [1.29, 1.82) is 0 Å². The zero-order chi connectivity index (χ0) is 45.0. The third-order valence-corrected chi connectivity index (χ3v) is 12.6. The monoisotopic (exact) mass is 850 g/mol. The predicted molar refractivity (Wildman–Crippen MR) is 224 cm³/mol. The molecule has 0 saturated carbocycles. The van der Waals surface area contributed by atoms with Crippen LogP contribution in [0.5, 0.6) is 0 Å². The van der Waals surface area contributed by atoms with Gasteiger partial charge in [-0.3, -0.25) is 19.2 Å². The van der Waals surface area contributed by atoms with Crippen LogP contribution >= 0.6 is 0 Å². The lowest BCUT2D eigenvalue weighted by Crippen LogP contribution is -2.43. The molecule has 0 atom stereocenters. The number of hydrogen-bond acceptors (Lipinski definition) is 4. The standard InChI is InChI=1S/C49H37F7N2O4/c1-16(2)21-12-10-13-22(17(3)4)44(21)57-46(59)25-20(9)37(50)30-27-26(25)34(47(57)60)41(54)39(52)32(27)33-28-29-35(42(55)38(51)31(28)30)48(61)58(49(62)36(29)43(56)40(33)53)45-23(18(5)6)14-11-15-24(45)19(7)8/h10-19H,1-9H3. The normalized spacial score (nSPS) is 14.5. The fraction of sp³-hybridized carbons (Fsp3) is 0.265. The number of hydrogen-bond donors (Lipinski definition) is 0. The molecule has 6 nitrogen and oxygen atoms in total. The number of carbonyl (C=O) groups excluding carboxylic acids is 4. The zero-order valence-electron chi connectivity index (χ0n) is 34.9. The Morgan fingerprint density at radius 3 is 0.903 bits per heavy atom. The van der Waals surface area contributed by atoms with Crippen molar-refractivity contribution in [3.8, 4) is 0 Å². The molecule has 62 heavy (non-hydrogen) atoms. The van der Waals surface area contributed by atoms with Crippen LogP contribution in [0.15, 0.2) is 36.4 Å². The Hall–Kier alpha value is -6.37. The van der Waals surface area contributed by atoms with E-state index in [1.807, 2.05) is 0 Å². The van der Waals surface area contributed by atoms with Crippen molar-refractivity contribution >= 4 is 78.1 Å². The van der Waals surface area contributed by atoms with E-state index in [0.29, 0.717) is 32.1 Å². The molecule has 4 amide bonds. The maximum absolute atomic E-state index is 17.4. The topological polar surface area (TPSA) is 74.8 Å². The first-order chi connectivity index (χ1) is 29.2. The van der Waals surface area contributed by atoms with Crippen molar-refractivity contribution in [3.05, 3.63) is 127 Å². The van der Waals surface area contributed by atoms with E-state index in [1.54, 1.807) is 91.8 Å². The number of imide groups is 2. The summed E-state index contributed by atoms with van der Waals surface area (Å²) in [6.07, 6.45) is 0. The van der Waals surface area contributed by atoms with E-state index in [0.717, 1.165) is 6.92 Å². The maximum Gasteiger partial charge on any atom is 0.269 e. The Kier molecular flexibility index (Phi) is 8.97. The van der Waals surface area contributed by atoms with Gasteiger partial charge in [-0.15, -0.1) is 0 Å². The molecular formula is C49H37F7N2O4. The van der Waals surface area contributed by atoms with Gasteiger partial charge in [-0.2, -0.15) is 0 Å². The fourth-order valence-electron chi connectivity index (χ4n) is 9.80. The number of para-hydroxylation sites is 2. The van der Waals surface area contributed by atoms with Crippen LogP contribution in [0, 0.1) is 47.6 Å². The van der Waals surface area contributed by atoms with Crippen LogP contribution in [-0.4, -0.2) is 23.6 Å². The van der Waals surface area contributed by atoms with E-state index in [2.05, 4.69) is 0 Å². The second-order valence-electron chi connectivity index (χ2n) is 17.4. The minimum Gasteiger partial charge on any atom is -0.268 e. The van der Waals surface area contributed by atoms with Crippen LogP contribution in [0.2, 0.25) is 0 Å². The van der Waals surface area contributed by atoms with Gasteiger partial charge in [0.25, 0.3) is 23.6 Å². The van der Waals surface area contributed by atoms with Crippen molar-refractivity contribution < 1.29 is 49.9 Å². The molecule has 0 aliphatic carbocycles. The Labute approximate surface area is 350 Å². The van der Waals surface area contributed by atoms with Crippen molar-refractivity contribution in [2.24, 2.45) is 0 Å². The molecule has 0 fully saturated rings. The average Bonchev–Trinajstić information content (AvgIpc) is 3.21. The molecule has 316 valence electrons. The number of nitrogens with zero attached hydrogens (tertiary/aromatic N) is 2. The minimum atomic E-state index is -2.03. The van der Waals surface area contributed by atoms with Gasteiger partial charge >= 0.3 is 0 Å². The number of carbonyl (C=O) groups is 4. The first-order valence-electron chi connectivity index (χ1n) is 20.2. The van der Waals surface area contributed by atoms with Gasteiger partial charge < -0.3 is 0 Å². The number of benzene rings is 7. The van der Waals surface area contributed by atoms with Crippen molar-refractivity contribution in [3.63, 3.8) is 0 Å². The highest BCUT2D eigenvalue weighted by Gasteiger charge is 2.47. The van der Waals surface area contributed by atoms with E-state index in [-0.39, 0.29) is 35.0 Å². The molecule has 0 aromatic heterocycles. The first-order valence-corrected chi connectivity index (χ1v) is 20.2. The Balaban J connectivity index is 1.46. The molecule has 2 heterocycles. The summed E-state index contributed by atoms with van der Waals surface area (Å²) in [4.78, 5) is 59.8. The van der Waals surface area contributed by atoms with E-state index >= 15 is 30.7 Å². The van der Waals surface area contributed by atoms with E-state index in [4.69, 9.17) is 0 Å². The highest BCUT2D eigenvalue weighted by molar-refractivity contribution is 6.46. The fourth-order valence-corrected chi connectivity index (χ4v) is 9.80. The van der Waals surface area contributed by atoms with Crippen LogP contribution in [0.1, 0.15) is 148 Å². The van der Waals surface area contributed by atoms with E-state index < -0.39 is 135 Å². The molecule has 2 aliphatic rings.